The molecule has 5 nitrogen and oxygen atoms in total. The molecule has 0 saturated heterocycles. The van der Waals surface area contributed by atoms with Gasteiger partial charge in [0, 0.05) is 12.4 Å². The number of benzene rings is 2. The van der Waals surface area contributed by atoms with Crippen LogP contribution in [0, 0.1) is 0 Å². The highest BCUT2D eigenvalue weighted by atomic mass is 32.2. The van der Waals surface area contributed by atoms with Crippen molar-refractivity contribution in [3.05, 3.63) is 66.0 Å². The van der Waals surface area contributed by atoms with Crippen LogP contribution in [0.5, 0.6) is 0 Å². The molecule has 0 radical (unpaired) electrons. The summed E-state index contributed by atoms with van der Waals surface area (Å²) in [5.41, 5.74) is -0.192. The Labute approximate surface area is 160 Å². The molecule has 0 aliphatic heterocycles. The largest absolute Gasteiger partial charge is 0.418 e. The minimum Gasteiger partial charge on any atom is -0.239 e. The second kappa shape index (κ2) is 7.06. The number of halogens is 3. The highest BCUT2D eigenvalue weighted by Crippen LogP contribution is 2.40. The van der Waals surface area contributed by atoms with Crippen LogP contribution in [0.4, 0.5) is 13.2 Å². The number of hydrogen-bond acceptors (Lipinski definition) is 3. The fourth-order valence-corrected chi connectivity index (χ4v) is 3.67. The van der Waals surface area contributed by atoms with Crippen molar-refractivity contribution < 1.29 is 21.6 Å². The van der Waals surface area contributed by atoms with E-state index in [1.165, 1.54) is 18.5 Å². The Kier molecular flexibility index (Phi) is 5.07. The first-order valence-corrected chi connectivity index (χ1v) is 9.91. The van der Waals surface area contributed by atoms with Gasteiger partial charge in [0.1, 0.15) is 4.90 Å². The number of nitrogens with zero attached hydrogens (tertiary/aromatic N) is 2. The third-order valence-electron chi connectivity index (χ3n) is 4.33. The summed E-state index contributed by atoms with van der Waals surface area (Å²) in [7, 11) is -4.46. The predicted molar refractivity (Wildman–Crippen MR) is 99.5 cm³/mol. The first-order valence-electron chi connectivity index (χ1n) is 8.37. The van der Waals surface area contributed by atoms with Crippen LogP contribution in [0.3, 0.4) is 0 Å². The Morgan fingerprint density at radius 1 is 1.07 bits per heavy atom. The monoisotopic (exact) mass is 409 g/mol. The van der Waals surface area contributed by atoms with E-state index < -0.39 is 32.3 Å². The van der Waals surface area contributed by atoms with E-state index in [0.717, 1.165) is 22.4 Å². The molecule has 0 amide bonds. The van der Waals surface area contributed by atoms with Gasteiger partial charge in [0.2, 0.25) is 10.0 Å². The van der Waals surface area contributed by atoms with Crippen LogP contribution in [-0.2, 0) is 16.2 Å². The molecule has 3 rings (SSSR count). The smallest absolute Gasteiger partial charge is 0.239 e. The van der Waals surface area contributed by atoms with Gasteiger partial charge < -0.3 is 0 Å². The molecule has 1 aromatic heterocycles. The van der Waals surface area contributed by atoms with Crippen LogP contribution in [-0.4, -0.2) is 18.2 Å². The van der Waals surface area contributed by atoms with E-state index >= 15 is 0 Å². The average molecular weight is 409 g/mol. The van der Waals surface area contributed by atoms with Gasteiger partial charge in [-0.2, -0.15) is 18.3 Å². The molecule has 3 aromatic rings. The van der Waals surface area contributed by atoms with Gasteiger partial charge in [-0.1, -0.05) is 38.1 Å². The molecule has 0 fully saturated rings. The van der Waals surface area contributed by atoms with Crippen molar-refractivity contribution in [3.8, 4) is 16.8 Å². The molecular weight excluding hydrogens is 391 g/mol. The topological polar surface area (TPSA) is 78.0 Å². The maximum Gasteiger partial charge on any atom is 0.418 e. The van der Waals surface area contributed by atoms with Gasteiger partial charge in [-0.15, -0.1) is 0 Å². The number of rotatable bonds is 4. The highest BCUT2D eigenvalue weighted by Gasteiger charge is 2.37. The number of aromatic nitrogens is 2. The van der Waals surface area contributed by atoms with E-state index in [-0.39, 0.29) is 11.5 Å². The summed E-state index contributed by atoms with van der Waals surface area (Å²) in [6.45, 7) is 3.99. The van der Waals surface area contributed by atoms with Crippen molar-refractivity contribution in [2.75, 3.05) is 0 Å². The minimum absolute atomic E-state index is 0.0996. The molecule has 0 aliphatic rings. The SMILES string of the molecule is CC(C)c1ccc(-c2cc(C(F)(F)F)c(-n3cccn3)c(S(N)(=O)=O)c2)cc1. The van der Waals surface area contributed by atoms with Crippen LogP contribution in [0.2, 0.25) is 0 Å². The fourth-order valence-electron chi connectivity index (χ4n) is 2.91. The van der Waals surface area contributed by atoms with Crippen LogP contribution < -0.4 is 5.14 Å². The molecule has 0 aliphatic carbocycles. The van der Waals surface area contributed by atoms with Gasteiger partial charge in [-0.05, 0) is 40.8 Å². The van der Waals surface area contributed by atoms with Gasteiger partial charge in [-0.25, -0.2) is 18.2 Å². The molecule has 1 heterocycles. The van der Waals surface area contributed by atoms with E-state index in [2.05, 4.69) is 5.10 Å². The van der Waals surface area contributed by atoms with Gasteiger partial charge in [-0.3, -0.25) is 0 Å². The zero-order valence-corrected chi connectivity index (χ0v) is 15.9. The standard InChI is InChI=1S/C19H18F3N3O2S/c1-12(2)13-4-6-14(7-5-13)15-10-16(19(20,21)22)18(25-9-3-8-24-25)17(11-15)28(23,26)27/h3-12H,1-2H3,(H2,23,26,27). The van der Waals surface area contributed by atoms with E-state index in [1.807, 2.05) is 13.8 Å². The number of nitrogens with two attached hydrogens (primary N) is 1. The summed E-state index contributed by atoms with van der Waals surface area (Å²) < 4.78 is 66.5. The molecule has 2 N–H and O–H groups in total. The van der Waals surface area contributed by atoms with Gasteiger partial charge in [0.25, 0.3) is 0 Å². The van der Waals surface area contributed by atoms with Crippen molar-refractivity contribution in [1.29, 1.82) is 0 Å². The van der Waals surface area contributed by atoms with Crippen LogP contribution >= 0.6 is 0 Å². The third kappa shape index (κ3) is 3.95. The summed E-state index contributed by atoms with van der Waals surface area (Å²) >= 11 is 0. The second-order valence-electron chi connectivity index (χ2n) is 6.64. The summed E-state index contributed by atoms with van der Waals surface area (Å²) in [6.07, 6.45) is -2.32. The lowest BCUT2D eigenvalue weighted by Crippen LogP contribution is -2.20. The normalized spacial score (nSPS) is 12.5. The molecule has 0 bridgehead atoms. The van der Waals surface area contributed by atoms with E-state index in [0.29, 0.717) is 5.56 Å². The lowest BCUT2D eigenvalue weighted by molar-refractivity contribution is -0.137. The second-order valence-corrected chi connectivity index (χ2v) is 8.17. The van der Waals surface area contributed by atoms with Crippen molar-refractivity contribution in [2.45, 2.75) is 30.8 Å². The Hall–Kier alpha value is -2.65. The lowest BCUT2D eigenvalue weighted by atomic mass is 9.97. The van der Waals surface area contributed by atoms with Gasteiger partial charge >= 0.3 is 6.18 Å². The summed E-state index contributed by atoms with van der Waals surface area (Å²) in [6, 6.07) is 10.4. The maximum absolute atomic E-state index is 13.8. The summed E-state index contributed by atoms with van der Waals surface area (Å²) in [4.78, 5) is -0.644. The molecular formula is C19H18F3N3O2S. The van der Waals surface area contributed by atoms with Crippen LogP contribution in [0.25, 0.3) is 16.8 Å². The van der Waals surface area contributed by atoms with Crippen LogP contribution in [0.1, 0.15) is 30.9 Å². The highest BCUT2D eigenvalue weighted by molar-refractivity contribution is 7.89. The summed E-state index contributed by atoms with van der Waals surface area (Å²) in [5.74, 6) is 0.252. The molecule has 9 heteroatoms. The number of sulfonamides is 1. The molecule has 28 heavy (non-hydrogen) atoms. The molecule has 0 saturated carbocycles. The minimum atomic E-state index is -4.81. The number of primary sulfonamides is 1. The molecule has 0 spiro atoms. The van der Waals surface area contributed by atoms with Crippen molar-refractivity contribution >= 4 is 10.0 Å². The average Bonchev–Trinajstić information content (AvgIpc) is 3.13. The zero-order chi connectivity index (χ0) is 20.7. The lowest BCUT2D eigenvalue weighted by Gasteiger charge is -2.18. The van der Waals surface area contributed by atoms with Crippen molar-refractivity contribution in [3.63, 3.8) is 0 Å². The number of alkyl halides is 3. The van der Waals surface area contributed by atoms with E-state index in [9.17, 15) is 21.6 Å². The Morgan fingerprint density at radius 3 is 2.18 bits per heavy atom. The fraction of sp³-hybridized carbons (Fsp3) is 0.211. The van der Waals surface area contributed by atoms with Gasteiger partial charge in [0.05, 0.1) is 11.3 Å². The quantitative estimate of drug-likeness (QED) is 0.697. The van der Waals surface area contributed by atoms with E-state index in [4.69, 9.17) is 5.14 Å². The Bertz CT molecular complexity index is 1090. The maximum atomic E-state index is 13.8. The Morgan fingerprint density at radius 2 is 1.71 bits per heavy atom. The third-order valence-corrected chi connectivity index (χ3v) is 5.26. The summed E-state index contributed by atoms with van der Waals surface area (Å²) in [5, 5.41) is 9.02. The van der Waals surface area contributed by atoms with Crippen molar-refractivity contribution in [2.24, 2.45) is 5.14 Å². The molecule has 0 unspecified atom stereocenters. The molecule has 2 aromatic carbocycles. The zero-order valence-electron chi connectivity index (χ0n) is 15.1. The Balaban J connectivity index is 2.32. The number of hydrogen-bond donors (Lipinski definition) is 1. The van der Waals surface area contributed by atoms with E-state index in [1.54, 1.807) is 24.3 Å². The molecule has 0 atom stereocenters. The predicted octanol–water partition coefficient (Wildman–Crippen LogP) is 4.33. The van der Waals surface area contributed by atoms with Crippen molar-refractivity contribution in [1.82, 2.24) is 9.78 Å². The first kappa shape index (κ1) is 20.1. The van der Waals surface area contributed by atoms with Gasteiger partial charge in [0.15, 0.2) is 0 Å². The first-order chi connectivity index (χ1) is 13.0. The molecule has 148 valence electrons. The van der Waals surface area contributed by atoms with Crippen LogP contribution in [0.15, 0.2) is 59.8 Å².